The molecule has 4 heteroatoms. The summed E-state index contributed by atoms with van der Waals surface area (Å²) < 4.78 is 4.99. The van der Waals surface area contributed by atoms with Gasteiger partial charge in [-0.1, -0.05) is 200 Å². The van der Waals surface area contributed by atoms with E-state index >= 15 is 0 Å². The molecule has 0 amide bonds. The Hall–Kier alpha value is -1.78. The summed E-state index contributed by atoms with van der Waals surface area (Å²) in [6.07, 6.45) is 62.0. The molecule has 2 heterocycles. The fraction of sp³-hybridized carbons (Fsp3) is 0.815. The van der Waals surface area contributed by atoms with Crippen LogP contribution in [0.25, 0.3) is 0 Å². The number of aryl methyl sites for hydroxylation is 2. The van der Waals surface area contributed by atoms with Crippen LogP contribution in [0.2, 0.25) is 0 Å². The predicted molar refractivity (Wildman–Crippen MR) is 254 cm³/mol. The first-order valence-corrected chi connectivity index (χ1v) is 26.1. The van der Waals surface area contributed by atoms with Crippen LogP contribution in [0.1, 0.15) is 262 Å². The highest BCUT2D eigenvalue weighted by molar-refractivity contribution is 5.17. The van der Waals surface area contributed by atoms with Gasteiger partial charge in [0, 0.05) is 36.1 Å². The number of hydrogen-bond donors (Lipinski definition) is 2. The molecule has 0 saturated heterocycles. The van der Waals surface area contributed by atoms with Crippen molar-refractivity contribution in [3.63, 3.8) is 0 Å². The number of rotatable bonds is 44. The number of aromatic nitrogens is 2. The van der Waals surface area contributed by atoms with Crippen LogP contribution in [0.5, 0.6) is 0 Å². The van der Waals surface area contributed by atoms with Crippen LogP contribution in [0.15, 0.2) is 49.1 Å². The zero-order valence-corrected chi connectivity index (χ0v) is 38.9. The molecule has 4 nitrogen and oxygen atoms in total. The lowest BCUT2D eigenvalue weighted by Gasteiger charge is -2.16. The molecular weight excluding hydrogens is 705 g/mol. The minimum absolute atomic E-state index is 0.598. The van der Waals surface area contributed by atoms with Gasteiger partial charge >= 0.3 is 0 Å². The van der Waals surface area contributed by atoms with Crippen LogP contribution >= 0.6 is 0 Å². The molecule has 0 aliphatic carbocycles. The van der Waals surface area contributed by atoms with Crippen LogP contribution in [0, 0.1) is 0 Å². The zero-order valence-electron chi connectivity index (χ0n) is 38.9. The molecule has 4 N–H and O–H groups in total. The largest absolute Gasteiger partial charge is 0.330 e. The van der Waals surface area contributed by atoms with Crippen molar-refractivity contribution < 1.29 is 9.13 Å². The van der Waals surface area contributed by atoms with E-state index in [1.54, 1.807) is 5.56 Å². The van der Waals surface area contributed by atoms with E-state index in [9.17, 15) is 0 Å². The van der Waals surface area contributed by atoms with Crippen molar-refractivity contribution in [2.24, 2.45) is 11.5 Å². The Bertz CT molecular complexity index is 1130. The molecule has 2 aromatic heterocycles. The Labute approximate surface area is 362 Å². The van der Waals surface area contributed by atoms with Gasteiger partial charge in [-0.3, -0.25) is 0 Å². The first-order valence-electron chi connectivity index (χ1n) is 26.1. The maximum Gasteiger partial charge on any atom is 0.172 e. The third kappa shape index (κ3) is 31.1. The van der Waals surface area contributed by atoms with Gasteiger partial charge in [-0.25, -0.2) is 9.13 Å². The third-order valence-electron chi connectivity index (χ3n) is 12.9. The normalized spacial score (nSPS) is 12.1. The lowest BCUT2D eigenvalue weighted by atomic mass is 9.88. The van der Waals surface area contributed by atoms with E-state index in [1.807, 2.05) is 0 Å². The van der Waals surface area contributed by atoms with Gasteiger partial charge < -0.3 is 11.5 Å². The molecule has 1 unspecified atom stereocenters. The van der Waals surface area contributed by atoms with E-state index in [1.165, 1.54) is 243 Å². The van der Waals surface area contributed by atoms with E-state index in [2.05, 4.69) is 65.1 Å². The van der Waals surface area contributed by atoms with Gasteiger partial charge in [-0.05, 0) is 69.7 Å². The van der Waals surface area contributed by atoms with Crippen molar-refractivity contribution >= 4 is 0 Å². The minimum Gasteiger partial charge on any atom is -0.330 e. The summed E-state index contributed by atoms with van der Waals surface area (Å²) in [7, 11) is 0. The highest BCUT2D eigenvalue weighted by atomic mass is 14.9. The summed E-state index contributed by atoms with van der Waals surface area (Å²) in [6, 6.07) is 9.45. The highest BCUT2D eigenvalue weighted by Gasteiger charge is 2.18. The molecule has 58 heavy (non-hydrogen) atoms. The Morgan fingerprint density at radius 3 is 1.16 bits per heavy atom. The Kier molecular flexibility index (Phi) is 36.7. The predicted octanol–water partition coefficient (Wildman–Crippen LogP) is 15.0. The maximum absolute atomic E-state index is 5.61. The first kappa shape index (κ1) is 52.4. The topological polar surface area (TPSA) is 59.8 Å². The molecule has 334 valence electrons. The average Bonchev–Trinajstić information content (AvgIpc) is 3.24. The lowest BCUT2D eigenvalue weighted by Crippen LogP contribution is -2.34. The first-order chi connectivity index (χ1) is 28.8. The lowest BCUT2D eigenvalue weighted by molar-refractivity contribution is -0.698. The van der Waals surface area contributed by atoms with E-state index in [0.29, 0.717) is 5.92 Å². The van der Waals surface area contributed by atoms with Crippen LogP contribution in [0.3, 0.4) is 0 Å². The SMILES string of the molecule is CCCCCCCCCCC(Cc1ccc[n+](CCCCCCCCCCCCCCCCN)c1)c1ccc[n+](CCCCCCCCCCCCCCCCN)c1. The molecule has 0 bridgehead atoms. The number of hydrogen-bond acceptors (Lipinski definition) is 2. The van der Waals surface area contributed by atoms with Gasteiger partial charge in [-0.2, -0.15) is 0 Å². The van der Waals surface area contributed by atoms with Crippen molar-refractivity contribution in [1.82, 2.24) is 0 Å². The monoisotopic (exact) mass is 805 g/mol. The molecular formula is C54H100N4+2. The van der Waals surface area contributed by atoms with E-state index in [0.717, 1.165) is 32.6 Å². The molecule has 0 radical (unpaired) electrons. The summed E-state index contributed by atoms with van der Waals surface area (Å²) in [4.78, 5) is 0. The Morgan fingerprint density at radius 2 is 0.741 bits per heavy atom. The van der Waals surface area contributed by atoms with Gasteiger partial charge in [0.05, 0.1) is 0 Å². The molecule has 0 saturated carbocycles. The molecule has 0 aromatic carbocycles. The van der Waals surface area contributed by atoms with Gasteiger partial charge in [-0.15, -0.1) is 0 Å². The van der Waals surface area contributed by atoms with E-state index in [4.69, 9.17) is 11.5 Å². The van der Waals surface area contributed by atoms with Crippen LogP contribution < -0.4 is 20.6 Å². The van der Waals surface area contributed by atoms with Gasteiger partial charge in [0.2, 0.25) is 0 Å². The highest BCUT2D eigenvalue weighted by Crippen LogP contribution is 2.26. The van der Waals surface area contributed by atoms with Crippen molar-refractivity contribution in [2.75, 3.05) is 13.1 Å². The van der Waals surface area contributed by atoms with Crippen molar-refractivity contribution in [3.8, 4) is 0 Å². The average molecular weight is 805 g/mol. The fourth-order valence-electron chi connectivity index (χ4n) is 9.07. The molecule has 2 rings (SSSR count). The molecule has 2 aromatic rings. The molecule has 1 atom stereocenters. The molecule has 0 aliphatic rings. The summed E-state index contributed by atoms with van der Waals surface area (Å²) in [6.45, 7) is 6.35. The minimum atomic E-state index is 0.598. The zero-order chi connectivity index (χ0) is 41.2. The second kappa shape index (κ2) is 40.6. The Morgan fingerprint density at radius 1 is 0.397 bits per heavy atom. The number of nitrogens with two attached hydrogens (primary N) is 2. The van der Waals surface area contributed by atoms with Crippen molar-refractivity contribution in [1.29, 1.82) is 0 Å². The summed E-state index contributed by atoms with van der Waals surface area (Å²) in [5.41, 5.74) is 14.3. The number of unbranched alkanes of at least 4 members (excludes halogenated alkanes) is 33. The van der Waals surface area contributed by atoms with Gasteiger partial charge in [0.15, 0.2) is 24.8 Å². The van der Waals surface area contributed by atoms with Crippen LogP contribution in [-0.4, -0.2) is 13.1 Å². The summed E-state index contributed by atoms with van der Waals surface area (Å²) in [5.74, 6) is 0.598. The summed E-state index contributed by atoms with van der Waals surface area (Å²) >= 11 is 0. The van der Waals surface area contributed by atoms with E-state index < -0.39 is 0 Å². The standard InChI is InChI=1S/C54H100N4/c1-2-3-4-5-6-23-28-33-41-53(54-42-39-48-58(51-54)46-37-32-27-22-18-14-10-8-12-16-20-25-30-35-44-56)49-52-40-38-47-57(50-52)45-36-31-26-21-17-13-9-7-11-15-19-24-29-34-43-55/h38-40,42,47-48,50-51,53H,2-37,41,43-46,49,55-56H2,1H3/q+2. The maximum atomic E-state index is 5.61. The second-order valence-electron chi connectivity index (χ2n) is 18.5. The molecule has 0 fully saturated rings. The molecule has 0 aliphatic heterocycles. The van der Waals surface area contributed by atoms with Gasteiger partial charge in [0.1, 0.15) is 13.1 Å². The quantitative estimate of drug-likeness (QED) is 0.0518. The summed E-state index contributed by atoms with van der Waals surface area (Å²) in [5, 5.41) is 0. The Balaban J connectivity index is 1.71. The number of nitrogens with zero attached hydrogens (tertiary/aromatic N) is 2. The van der Waals surface area contributed by atoms with Gasteiger partial charge in [0.25, 0.3) is 0 Å². The molecule has 0 spiro atoms. The fourth-order valence-corrected chi connectivity index (χ4v) is 9.07. The van der Waals surface area contributed by atoms with Crippen LogP contribution in [-0.2, 0) is 19.5 Å². The van der Waals surface area contributed by atoms with Crippen LogP contribution in [0.4, 0.5) is 0 Å². The number of pyridine rings is 2. The smallest absolute Gasteiger partial charge is 0.172 e. The van der Waals surface area contributed by atoms with Crippen molar-refractivity contribution in [2.45, 2.75) is 270 Å². The van der Waals surface area contributed by atoms with E-state index in [-0.39, 0.29) is 0 Å². The third-order valence-corrected chi connectivity index (χ3v) is 12.9. The second-order valence-corrected chi connectivity index (χ2v) is 18.5. The van der Waals surface area contributed by atoms with Crippen molar-refractivity contribution in [3.05, 3.63) is 60.2 Å².